The van der Waals surface area contributed by atoms with Gasteiger partial charge in [-0.2, -0.15) is 0 Å². The van der Waals surface area contributed by atoms with Crippen molar-refractivity contribution >= 4 is 5.91 Å². The molecule has 1 amide bonds. The number of carbonyl (C=O) groups excluding carboxylic acids is 1. The summed E-state index contributed by atoms with van der Waals surface area (Å²) in [5.74, 6) is -0.230. The average molecular weight is 253 g/mol. The number of amides is 1. The van der Waals surface area contributed by atoms with E-state index in [1.165, 1.54) is 14.2 Å². The average Bonchev–Trinajstić information content (AvgIpc) is 2.43. The molecule has 0 aliphatic rings. The number of hydrogen-bond donors (Lipinski definition) is 2. The van der Waals surface area contributed by atoms with Crippen molar-refractivity contribution in [2.24, 2.45) is 0 Å². The van der Waals surface area contributed by atoms with E-state index in [4.69, 9.17) is 9.47 Å². The fourth-order valence-corrected chi connectivity index (χ4v) is 1.59. The summed E-state index contributed by atoms with van der Waals surface area (Å²) >= 11 is 0. The van der Waals surface area contributed by atoms with Gasteiger partial charge in [-0.15, -0.1) is 0 Å². The van der Waals surface area contributed by atoms with E-state index in [2.05, 4.69) is 5.32 Å². The summed E-state index contributed by atoms with van der Waals surface area (Å²) in [4.78, 5) is 11.7. The van der Waals surface area contributed by atoms with Crippen molar-refractivity contribution in [1.29, 1.82) is 0 Å². The highest BCUT2D eigenvalue weighted by molar-refractivity contribution is 5.76. The van der Waals surface area contributed by atoms with Crippen molar-refractivity contribution in [3.05, 3.63) is 35.9 Å². The topological polar surface area (TPSA) is 67.8 Å². The summed E-state index contributed by atoms with van der Waals surface area (Å²) < 4.78 is 9.89. The molecule has 100 valence electrons. The number of rotatable bonds is 7. The Labute approximate surface area is 107 Å². The number of aliphatic hydroxyl groups excluding tert-OH is 1. The predicted octanol–water partition coefficient (Wildman–Crippen LogP) is 0.845. The molecule has 0 radical (unpaired) electrons. The summed E-state index contributed by atoms with van der Waals surface area (Å²) in [7, 11) is 2.95. The third-order valence-corrected chi connectivity index (χ3v) is 2.60. The highest BCUT2D eigenvalue weighted by Crippen LogP contribution is 2.12. The predicted molar refractivity (Wildman–Crippen MR) is 66.8 cm³/mol. The molecule has 1 atom stereocenters. The third-order valence-electron chi connectivity index (χ3n) is 2.60. The molecule has 0 aromatic heterocycles. The minimum absolute atomic E-state index is 0.0936. The molecule has 5 heteroatoms. The third kappa shape index (κ3) is 4.44. The maximum atomic E-state index is 11.7. The van der Waals surface area contributed by atoms with Crippen LogP contribution in [0.15, 0.2) is 30.3 Å². The van der Waals surface area contributed by atoms with Crippen LogP contribution in [0, 0.1) is 0 Å². The first-order valence-corrected chi connectivity index (χ1v) is 5.72. The molecule has 0 spiro atoms. The quantitative estimate of drug-likeness (QED) is 0.707. The van der Waals surface area contributed by atoms with Gasteiger partial charge in [-0.3, -0.25) is 4.79 Å². The molecule has 1 aromatic rings. The first-order chi connectivity index (χ1) is 8.71. The number of aliphatic hydroxyl groups is 1. The first kappa shape index (κ1) is 14.6. The van der Waals surface area contributed by atoms with Gasteiger partial charge in [-0.05, 0) is 5.56 Å². The maximum absolute atomic E-state index is 11.7. The number of methoxy groups -OCH3 is 2. The summed E-state index contributed by atoms with van der Waals surface area (Å²) in [6.07, 6.45) is -0.476. The molecule has 18 heavy (non-hydrogen) atoms. The lowest BCUT2D eigenvalue weighted by molar-refractivity contribution is -0.140. The Morgan fingerprint density at radius 2 is 1.89 bits per heavy atom. The highest BCUT2D eigenvalue weighted by Gasteiger charge is 2.17. The normalized spacial score (nSPS) is 12.4. The SMILES string of the molecule is COC(CC(=O)N[C@@H](CO)c1ccccc1)OC. The van der Waals surface area contributed by atoms with Gasteiger partial charge in [0, 0.05) is 14.2 Å². The van der Waals surface area contributed by atoms with E-state index in [0.717, 1.165) is 5.56 Å². The Bertz CT molecular complexity index is 351. The molecule has 0 heterocycles. The molecule has 5 nitrogen and oxygen atoms in total. The van der Waals surface area contributed by atoms with Gasteiger partial charge in [0.05, 0.1) is 19.1 Å². The van der Waals surface area contributed by atoms with E-state index < -0.39 is 12.3 Å². The van der Waals surface area contributed by atoms with Crippen LogP contribution in [-0.2, 0) is 14.3 Å². The van der Waals surface area contributed by atoms with Crippen molar-refractivity contribution in [2.45, 2.75) is 18.8 Å². The van der Waals surface area contributed by atoms with Gasteiger partial charge < -0.3 is 19.9 Å². The molecule has 0 fully saturated rings. The molecule has 0 bridgehead atoms. The second kappa shape index (κ2) is 7.81. The molecule has 1 aromatic carbocycles. The van der Waals surface area contributed by atoms with E-state index >= 15 is 0 Å². The van der Waals surface area contributed by atoms with Crippen LogP contribution in [0.1, 0.15) is 18.0 Å². The van der Waals surface area contributed by atoms with Gasteiger partial charge in [-0.1, -0.05) is 30.3 Å². The number of hydrogen-bond acceptors (Lipinski definition) is 4. The number of ether oxygens (including phenoxy) is 2. The van der Waals surface area contributed by atoms with Crippen LogP contribution in [0.2, 0.25) is 0 Å². The number of carbonyl (C=O) groups is 1. The standard InChI is InChI=1S/C13H19NO4/c1-17-13(18-2)8-12(16)14-11(9-15)10-6-4-3-5-7-10/h3-7,11,13,15H,8-9H2,1-2H3,(H,14,16)/t11-/m0/s1. The van der Waals surface area contributed by atoms with Gasteiger partial charge >= 0.3 is 0 Å². The molecule has 0 unspecified atom stereocenters. The van der Waals surface area contributed by atoms with Crippen molar-refractivity contribution < 1.29 is 19.4 Å². The minimum Gasteiger partial charge on any atom is -0.394 e. The Morgan fingerprint density at radius 1 is 1.28 bits per heavy atom. The zero-order valence-corrected chi connectivity index (χ0v) is 10.6. The monoisotopic (exact) mass is 253 g/mol. The van der Waals surface area contributed by atoms with Crippen LogP contribution in [0.3, 0.4) is 0 Å². The second-order valence-corrected chi connectivity index (χ2v) is 3.82. The van der Waals surface area contributed by atoms with Gasteiger partial charge in [-0.25, -0.2) is 0 Å². The Kier molecular flexibility index (Phi) is 6.35. The van der Waals surface area contributed by atoms with Gasteiger partial charge in [0.1, 0.15) is 0 Å². The van der Waals surface area contributed by atoms with Gasteiger partial charge in [0.15, 0.2) is 6.29 Å². The molecular formula is C13H19NO4. The van der Waals surface area contributed by atoms with Crippen molar-refractivity contribution in [1.82, 2.24) is 5.32 Å². The Balaban J connectivity index is 2.56. The van der Waals surface area contributed by atoms with E-state index in [0.29, 0.717) is 0 Å². The minimum atomic E-state index is -0.569. The summed E-state index contributed by atoms with van der Waals surface area (Å²) in [5.41, 5.74) is 0.861. The van der Waals surface area contributed by atoms with Crippen LogP contribution in [0.4, 0.5) is 0 Å². The number of benzene rings is 1. The van der Waals surface area contributed by atoms with Crippen LogP contribution < -0.4 is 5.32 Å². The molecule has 0 aliphatic carbocycles. The molecule has 0 saturated heterocycles. The zero-order valence-electron chi connectivity index (χ0n) is 10.6. The Morgan fingerprint density at radius 3 is 2.39 bits per heavy atom. The molecular weight excluding hydrogens is 234 g/mol. The summed E-state index contributed by atoms with van der Waals surface area (Å²) in [6.45, 7) is -0.152. The summed E-state index contributed by atoms with van der Waals surface area (Å²) in [5, 5.41) is 12.0. The van der Waals surface area contributed by atoms with Crippen molar-refractivity contribution in [2.75, 3.05) is 20.8 Å². The van der Waals surface area contributed by atoms with Crippen LogP contribution in [-0.4, -0.2) is 38.1 Å². The van der Waals surface area contributed by atoms with Crippen LogP contribution in [0.25, 0.3) is 0 Å². The smallest absolute Gasteiger partial charge is 0.225 e. The van der Waals surface area contributed by atoms with Crippen LogP contribution >= 0.6 is 0 Å². The second-order valence-electron chi connectivity index (χ2n) is 3.82. The Hall–Kier alpha value is -1.43. The summed E-state index contributed by atoms with van der Waals surface area (Å²) in [6, 6.07) is 8.89. The van der Waals surface area contributed by atoms with Crippen molar-refractivity contribution in [3.8, 4) is 0 Å². The highest BCUT2D eigenvalue weighted by atomic mass is 16.7. The van der Waals surface area contributed by atoms with Crippen molar-refractivity contribution in [3.63, 3.8) is 0 Å². The zero-order chi connectivity index (χ0) is 13.4. The van der Waals surface area contributed by atoms with E-state index in [1.54, 1.807) is 0 Å². The fraction of sp³-hybridized carbons (Fsp3) is 0.462. The lowest BCUT2D eigenvalue weighted by Gasteiger charge is -2.18. The van der Waals surface area contributed by atoms with E-state index in [1.807, 2.05) is 30.3 Å². The fourth-order valence-electron chi connectivity index (χ4n) is 1.59. The number of nitrogens with one attached hydrogen (secondary N) is 1. The molecule has 2 N–H and O–H groups in total. The molecule has 0 saturated carbocycles. The lowest BCUT2D eigenvalue weighted by Crippen LogP contribution is -2.33. The van der Waals surface area contributed by atoms with Crippen LogP contribution in [0.5, 0.6) is 0 Å². The largest absolute Gasteiger partial charge is 0.394 e. The molecule has 0 aliphatic heterocycles. The van der Waals surface area contributed by atoms with E-state index in [9.17, 15) is 9.90 Å². The lowest BCUT2D eigenvalue weighted by atomic mass is 10.1. The molecule has 1 rings (SSSR count). The van der Waals surface area contributed by atoms with E-state index in [-0.39, 0.29) is 18.9 Å². The first-order valence-electron chi connectivity index (χ1n) is 5.72. The maximum Gasteiger partial charge on any atom is 0.225 e. The van der Waals surface area contributed by atoms with Gasteiger partial charge in [0.25, 0.3) is 0 Å². The van der Waals surface area contributed by atoms with Gasteiger partial charge in [0.2, 0.25) is 5.91 Å².